The van der Waals surface area contributed by atoms with E-state index in [0.29, 0.717) is 0 Å². The lowest BCUT2D eigenvalue weighted by Gasteiger charge is -2.18. The first-order chi connectivity index (χ1) is 7.67. The molecule has 0 unspecified atom stereocenters. The number of likely N-dealkylation sites (N-methyl/N-ethyl adjacent to an activating group) is 1. The molecule has 0 radical (unpaired) electrons. The molecule has 0 aliphatic rings. The van der Waals surface area contributed by atoms with Gasteiger partial charge in [-0.3, -0.25) is 0 Å². The summed E-state index contributed by atoms with van der Waals surface area (Å²) < 4.78 is 0.934. The summed E-state index contributed by atoms with van der Waals surface area (Å²) in [6, 6.07) is 5.92. The van der Waals surface area contributed by atoms with Crippen LogP contribution in [0.5, 0.6) is 0 Å². The molecule has 0 fully saturated rings. The fraction of sp³-hybridized carbons (Fsp3) is 0.500. The molecule has 16 heavy (non-hydrogen) atoms. The second kappa shape index (κ2) is 7.15. The highest BCUT2D eigenvalue weighted by Gasteiger charge is 2.00. The fourth-order valence-electron chi connectivity index (χ4n) is 1.50. The summed E-state index contributed by atoms with van der Waals surface area (Å²) >= 11 is 9.39. The normalized spacial score (nSPS) is 10.8. The van der Waals surface area contributed by atoms with Gasteiger partial charge < -0.3 is 10.2 Å². The Morgan fingerprint density at radius 2 is 2.00 bits per heavy atom. The van der Waals surface area contributed by atoms with Crippen molar-refractivity contribution in [2.24, 2.45) is 0 Å². The average Bonchev–Trinajstić information content (AvgIpc) is 2.29. The SMILES string of the molecule is CCN(CC)CCNc1ccc(Br)c(Cl)c1. The molecule has 0 aromatic heterocycles. The molecule has 90 valence electrons. The summed E-state index contributed by atoms with van der Waals surface area (Å²) in [5.74, 6) is 0. The van der Waals surface area contributed by atoms with Crippen molar-refractivity contribution >= 4 is 33.2 Å². The van der Waals surface area contributed by atoms with Gasteiger partial charge in [-0.25, -0.2) is 0 Å². The van der Waals surface area contributed by atoms with E-state index in [9.17, 15) is 0 Å². The Kier molecular flexibility index (Phi) is 6.17. The summed E-state index contributed by atoms with van der Waals surface area (Å²) in [5, 5.41) is 4.11. The van der Waals surface area contributed by atoms with Crippen molar-refractivity contribution in [2.45, 2.75) is 13.8 Å². The van der Waals surface area contributed by atoms with Gasteiger partial charge in [-0.1, -0.05) is 25.4 Å². The van der Waals surface area contributed by atoms with E-state index >= 15 is 0 Å². The number of nitrogens with zero attached hydrogens (tertiary/aromatic N) is 1. The van der Waals surface area contributed by atoms with Crippen LogP contribution in [0.2, 0.25) is 5.02 Å². The summed E-state index contributed by atoms with van der Waals surface area (Å²) in [5.41, 5.74) is 1.07. The summed E-state index contributed by atoms with van der Waals surface area (Å²) in [6.45, 7) is 8.55. The third kappa shape index (κ3) is 4.32. The van der Waals surface area contributed by atoms with Crippen LogP contribution in [-0.2, 0) is 0 Å². The second-order valence-electron chi connectivity index (χ2n) is 3.58. The summed E-state index contributed by atoms with van der Waals surface area (Å²) in [4.78, 5) is 2.38. The Morgan fingerprint density at radius 1 is 1.31 bits per heavy atom. The molecule has 4 heteroatoms. The lowest BCUT2D eigenvalue weighted by atomic mass is 10.3. The van der Waals surface area contributed by atoms with Gasteiger partial charge in [-0.2, -0.15) is 0 Å². The van der Waals surface area contributed by atoms with E-state index in [1.54, 1.807) is 0 Å². The molecular weight excluding hydrogens is 288 g/mol. The first-order valence-electron chi connectivity index (χ1n) is 5.58. The van der Waals surface area contributed by atoms with Gasteiger partial charge in [0.05, 0.1) is 5.02 Å². The molecule has 2 nitrogen and oxygen atoms in total. The van der Waals surface area contributed by atoms with Crippen LogP contribution in [0.15, 0.2) is 22.7 Å². The van der Waals surface area contributed by atoms with Gasteiger partial charge in [0, 0.05) is 23.2 Å². The van der Waals surface area contributed by atoms with Crippen LogP contribution in [0.3, 0.4) is 0 Å². The van der Waals surface area contributed by atoms with Gasteiger partial charge in [0.25, 0.3) is 0 Å². The van der Waals surface area contributed by atoms with Crippen LogP contribution in [0.1, 0.15) is 13.8 Å². The zero-order valence-corrected chi connectivity index (χ0v) is 12.1. The predicted molar refractivity (Wildman–Crippen MR) is 75.4 cm³/mol. The first-order valence-corrected chi connectivity index (χ1v) is 6.75. The van der Waals surface area contributed by atoms with Crippen LogP contribution >= 0.6 is 27.5 Å². The third-order valence-electron chi connectivity index (χ3n) is 2.57. The van der Waals surface area contributed by atoms with Crippen molar-refractivity contribution in [2.75, 3.05) is 31.5 Å². The van der Waals surface area contributed by atoms with E-state index < -0.39 is 0 Å². The van der Waals surface area contributed by atoms with E-state index in [-0.39, 0.29) is 0 Å². The fourth-order valence-corrected chi connectivity index (χ4v) is 1.93. The van der Waals surface area contributed by atoms with Gasteiger partial charge in [0.1, 0.15) is 0 Å². The Hall–Kier alpha value is -0.250. The maximum atomic E-state index is 6.01. The number of benzene rings is 1. The molecule has 0 heterocycles. The van der Waals surface area contributed by atoms with Crippen molar-refractivity contribution < 1.29 is 0 Å². The zero-order valence-electron chi connectivity index (χ0n) is 9.76. The van der Waals surface area contributed by atoms with Crippen molar-refractivity contribution in [3.05, 3.63) is 27.7 Å². The van der Waals surface area contributed by atoms with Crippen LogP contribution in [0.25, 0.3) is 0 Å². The standard InChI is InChI=1S/C12H18BrClN2/c1-3-16(4-2)8-7-15-10-5-6-11(13)12(14)9-10/h5-6,9,15H,3-4,7-8H2,1-2H3. The Morgan fingerprint density at radius 3 is 2.56 bits per heavy atom. The minimum atomic E-state index is 0.743. The average molecular weight is 306 g/mol. The van der Waals surface area contributed by atoms with E-state index in [4.69, 9.17) is 11.6 Å². The molecule has 0 bridgehead atoms. The molecule has 1 rings (SSSR count). The monoisotopic (exact) mass is 304 g/mol. The van der Waals surface area contributed by atoms with Gasteiger partial charge in [-0.15, -0.1) is 0 Å². The van der Waals surface area contributed by atoms with E-state index in [1.165, 1.54) is 0 Å². The minimum Gasteiger partial charge on any atom is -0.384 e. The van der Waals surface area contributed by atoms with E-state index in [2.05, 4.69) is 40.0 Å². The van der Waals surface area contributed by atoms with Crippen LogP contribution < -0.4 is 5.32 Å². The second-order valence-corrected chi connectivity index (χ2v) is 4.84. The topological polar surface area (TPSA) is 15.3 Å². The number of halogens is 2. The van der Waals surface area contributed by atoms with Crippen LogP contribution in [0, 0.1) is 0 Å². The van der Waals surface area contributed by atoms with E-state index in [0.717, 1.165) is 41.4 Å². The number of rotatable bonds is 6. The third-order valence-corrected chi connectivity index (χ3v) is 3.80. The Bertz CT molecular complexity index is 327. The smallest absolute Gasteiger partial charge is 0.0568 e. The molecule has 0 atom stereocenters. The quantitative estimate of drug-likeness (QED) is 0.858. The van der Waals surface area contributed by atoms with Crippen molar-refractivity contribution in [3.8, 4) is 0 Å². The number of hydrogen-bond acceptors (Lipinski definition) is 2. The van der Waals surface area contributed by atoms with Gasteiger partial charge in [0.2, 0.25) is 0 Å². The van der Waals surface area contributed by atoms with Gasteiger partial charge in [-0.05, 0) is 47.2 Å². The van der Waals surface area contributed by atoms with Crippen LogP contribution in [-0.4, -0.2) is 31.1 Å². The molecule has 0 amide bonds. The Labute approximate surface area is 111 Å². The molecule has 0 aliphatic heterocycles. The zero-order chi connectivity index (χ0) is 12.0. The number of anilines is 1. The molecule has 1 N–H and O–H groups in total. The largest absolute Gasteiger partial charge is 0.384 e. The molecule has 1 aromatic rings. The molecule has 0 aliphatic carbocycles. The minimum absolute atomic E-state index is 0.743. The molecule has 0 spiro atoms. The highest BCUT2D eigenvalue weighted by molar-refractivity contribution is 9.10. The maximum absolute atomic E-state index is 6.01. The molecular formula is C12H18BrClN2. The molecule has 0 saturated carbocycles. The van der Waals surface area contributed by atoms with Crippen molar-refractivity contribution in [1.29, 1.82) is 0 Å². The lowest BCUT2D eigenvalue weighted by molar-refractivity contribution is 0.316. The maximum Gasteiger partial charge on any atom is 0.0568 e. The summed E-state index contributed by atoms with van der Waals surface area (Å²) in [7, 11) is 0. The predicted octanol–water partition coefficient (Wildman–Crippen LogP) is 3.86. The van der Waals surface area contributed by atoms with Gasteiger partial charge in [0.15, 0.2) is 0 Å². The van der Waals surface area contributed by atoms with Crippen molar-refractivity contribution in [1.82, 2.24) is 4.90 Å². The highest BCUT2D eigenvalue weighted by atomic mass is 79.9. The van der Waals surface area contributed by atoms with Crippen molar-refractivity contribution in [3.63, 3.8) is 0 Å². The Balaban J connectivity index is 2.40. The summed E-state index contributed by atoms with van der Waals surface area (Å²) in [6.07, 6.45) is 0. The first kappa shape index (κ1) is 13.8. The highest BCUT2D eigenvalue weighted by Crippen LogP contribution is 2.25. The van der Waals surface area contributed by atoms with Crippen LogP contribution in [0.4, 0.5) is 5.69 Å². The number of nitrogens with one attached hydrogen (secondary N) is 1. The molecule has 1 aromatic carbocycles. The van der Waals surface area contributed by atoms with Gasteiger partial charge >= 0.3 is 0 Å². The van der Waals surface area contributed by atoms with E-state index in [1.807, 2.05) is 18.2 Å². The molecule has 0 saturated heterocycles. The number of hydrogen-bond donors (Lipinski definition) is 1. The lowest BCUT2D eigenvalue weighted by Crippen LogP contribution is -2.28.